The van der Waals surface area contributed by atoms with Gasteiger partial charge in [0, 0.05) is 0 Å². The fourth-order valence-corrected chi connectivity index (χ4v) is 3.16. The maximum absolute atomic E-state index is 11.9. The lowest BCUT2D eigenvalue weighted by molar-refractivity contribution is -0.886. The molecule has 0 bridgehead atoms. The Morgan fingerprint density at radius 3 is 2.09 bits per heavy atom. The minimum Gasteiger partial charge on any atom is -0.381 e. The molecule has 1 aromatic carbocycles. The molecule has 0 N–H and O–H groups in total. The first kappa shape index (κ1) is 18.8. The third kappa shape index (κ3) is 6.71. The standard InChI is InChI=1S/C12H20NO7S2/c1-11(19-22(16,17)18-10-13(2,3)4)21(14,15)20-12-8-6-5-7-9-12/h5-9,11H,10H2,1-4H3/q+1. The molecule has 10 heteroatoms. The first-order chi connectivity index (χ1) is 9.91. The maximum Gasteiger partial charge on any atom is 0.405 e. The van der Waals surface area contributed by atoms with Gasteiger partial charge in [0.25, 0.3) is 0 Å². The van der Waals surface area contributed by atoms with Crippen molar-refractivity contribution in [2.24, 2.45) is 0 Å². The summed E-state index contributed by atoms with van der Waals surface area (Å²) in [6.07, 6.45) is 0. The number of hydrogen-bond donors (Lipinski definition) is 0. The second kappa shape index (κ2) is 6.92. The van der Waals surface area contributed by atoms with Crippen molar-refractivity contribution in [3.8, 4) is 5.75 Å². The average molecular weight is 354 g/mol. The molecule has 0 spiro atoms. The Hall–Kier alpha value is -1.20. The Morgan fingerprint density at radius 1 is 1.05 bits per heavy atom. The Labute approximate surface area is 131 Å². The molecule has 0 aliphatic heterocycles. The number of rotatable bonds is 8. The molecule has 0 aliphatic rings. The van der Waals surface area contributed by atoms with Crippen molar-refractivity contribution in [3.05, 3.63) is 30.3 Å². The Morgan fingerprint density at radius 2 is 1.59 bits per heavy atom. The first-order valence-electron chi connectivity index (χ1n) is 6.28. The van der Waals surface area contributed by atoms with Crippen molar-refractivity contribution in [3.63, 3.8) is 0 Å². The van der Waals surface area contributed by atoms with Gasteiger partial charge in [-0.3, -0.25) is 0 Å². The lowest BCUT2D eigenvalue weighted by Gasteiger charge is -2.23. The van der Waals surface area contributed by atoms with E-state index >= 15 is 0 Å². The summed E-state index contributed by atoms with van der Waals surface area (Å²) >= 11 is 0. The minimum atomic E-state index is -4.46. The summed E-state index contributed by atoms with van der Waals surface area (Å²) in [7, 11) is -3.64. The van der Waals surface area contributed by atoms with Crippen LogP contribution in [-0.4, -0.2) is 54.6 Å². The van der Waals surface area contributed by atoms with E-state index in [-0.39, 0.29) is 17.0 Å². The highest BCUT2D eigenvalue weighted by molar-refractivity contribution is 7.88. The maximum atomic E-state index is 11.9. The highest BCUT2D eigenvalue weighted by atomic mass is 32.3. The number of hydrogen-bond acceptors (Lipinski definition) is 7. The lowest BCUT2D eigenvalue weighted by atomic mass is 10.3. The van der Waals surface area contributed by atoms with Gasteiger partial charge in [-0.25, -0.2) is 4.18 Å². The zero-order chi connectivity index (χ0) is 17.0. The van der Waals surface area contributed by atoms with Crippen molar-refractivity contribution < 1.29 is 33.9 Å². The lowest BCUT2D eigenvalue weighted by Crippen LogP contribution is -2.39. The topological polar surface area (TPSA) is 96.0 Å². The van der Waals surface area contributed by atoms with Gasteiger partial charge in [0.2, 0.25) is 12.2 Å². The van der Waals surface area contributed by atoms with Crippen LogP contribution in [0.25, 0.3) is 0 Å². The van der Waals surface area contributed by atoms with E-state index in [0.29, 0.717) is 0 Å². The smallest absolute Gasteiger partial charge is 0.381 e. The van der Waals surface area contributed by atoms with Crippen LogP contribution in [-0.2, 0) is 28.9 Å². The van der Waals surface area contributed by atoms with Crippen LogP contribution in [0.5, 0.6) is 5.75 Å². The molecule has 0 aliphatic carbocycles. The predicted octanol–water partition coefficient (Wildman–Crippen LogP) is 0.683. The predicted molar refractivity (Wildman–Crippen MR) is 79.4 cm³/mol. The van der Waals surface area contributed by atoms with E-state index in [9.17, 15) is 16.8 Å². The van der Waals surface area contributed by atoms with Crippen molar-refractivity contribution in [1.82, 2.24) is 0 Å². The molecule has 126 valence electrons. The van der Waals surface area contributed by atoms with Gasteiger partial charge in [-0.1, -0.05) is 18.2 Å². The van der Waals surface area contributed by atoms with E-state index < -0.39 is 26.0 Å². The molecule has 1 aromatic rings. The Balaban J connectivity index is 2.72. The largest absolute Gasteiger partial charge is 0.405 e. The quantitative estimate of drug-likeness (QED) is 0.385. The SMILES string of the molecule is CC(OS(=O)(=O)OC[N+](C)(C)C)S(=O)(=O)Oc1ccccc1. The van der Waals surface area contributed by atoms with Crippen molar-refractivity contribution in [1.29, 1.82) is 0 Å². The van der Waals surface area contributed by atoms with Crippen LogP contribution in [0.4, 0.5) is 0 Å². The molecule has 0 heterocycles. The normalized spacial score (nSPS) is 14.5. The molecule has 0 radical (unpaired) electrons. The zero-order valence-electron chi connectivity index (χ0n) is 12.8. The first-order valence-corrected chi connectivity index (χ1v) is 9.08. The highest BCUT2D eigenvalue weighted by Gasteiger charge is 2.31. The molecule has 0 saturated carbocycles. The summed E-state index contributed by atoms with van der Waals surface area (Å²) in [5.74, 6) is 0.0580. The van der Waals surface area contributed by atoms with Gasteiger partial charge < -0.3 is 8.67 Å². The number of para-hydroxylation sites is 1. The third-order valence-corrected chi connectivity index (χ3v) is 4.57. The van der Waals surface area contributed by atoms with Crippen LogP contribution < -0.4 is 4.18 Å². The summed E-state index contributed by atoms with van der Waals surface area (Å²) < 4.78 is 61.1. The van der Waals surface area contributed by atoms with Crippen LogP contribution in [0.2, 0.25) is 0 Å². The molecule has 8 nitrogen and oxygen atoms in total. The van der Waals surface area contributed by atoms with Crippen molar-refractivity contribution >= 4 is 20.5 Å². The molecule has 0 aromatic heterocycles. The fraction of sp³-hybridized carbons (Fsp3) is 0.500. The molecular weight excluding hydrogens is 334 g/mol. The van der Waals surface area contributed by atoms with Crippen LogP contribution in [0.3, 0.4) is 0 Å². The molecule has 0 saturated heterocycles. The highest BCUT2D eigenvalue weighted by Crippen LogP contribution is 2.17. The Bertz CT molecular complexity index is 678. The number of nitrogens with zero attached hydrogens (tertiary/aromatic N) is 1. The van der Waals surface area contributed by atoms with E-state index in [1.807, 2.05) is 0 Å². The van der Waals surface area contributed by atoms with E-state index in [1.165, 1.54) is 12.1 Å². The summed E-state index contributed by atoms with van der Waals surface area (Å²) in [6.45, 7) is 0.847. The molecule has 1 unspecified atom stereocenters. The van der Waals surface area contributed by atoms with Crippen LogP contribution in [0.15, 0.2) is 30.3 Å². The number of benzene rings is 1. The third-order valence-electron chi connectivity index (χ3n) is 2.20. The van der Waals surface area contributed by atoms with Gasteiger partial charge in [-0.2, -0.15) is 21.0 Å². The van der Waals surface area contributed by atoms with Gasteiger partial charge in [-0.15, -0.1) is 0 Å². The molecule has 0 fully saturated rings. The van der Waals surface area contributed by atoms with Gasteiger partial charge >= 0.3 is 20.5 Å². The van der Waals surface area contributed by atoms with Crippen LogP contribution in [0.1, 0.15) is 6.92 Å². The van der Waals surface area contributed by atoms with Gasteiger partial charge in [-0.05, 0) is 19.1 Å². The molecule has 22 heavy (non-hydrogen) atoms. The van der Waals surface area contributed by atoms with E-state index in [4.69, 9.17) is 4.18 Å². The Kier molecular flexibility index (Phi) is 5.93. The summed E-state index contributed by atoms with van der Waals surface area (Å²) in [5.41, 5.74) is -1.75. The second-order valence-corrected chi connectivity index (χ2v) is 8.56. The summed E-state index contributed by atoms with van der Waals surface area (Å²) in [4.78, 5) is 0. The monoisotopic (exact) mass is 354 g/mol. The molecule has 1 rings (SSSR count). The zero-order valence-corrected chi connectivity index (χ0v) is 14.4. The van der Waals surface area contributed by atoms with Crippen LogP contribution in [0, 0.1) is 0 Å². The van der Waals surface area contributed by atoms with Gasteiger partial charge in [0.15, 0.2) is 0 Å². The molecule has 0 amide bonds. The fourth-order valence-electron chi connectivity index (χ4n) is 1.14. The van der Waals surface area contributed by atoms with Gasteiger partial charge in [0.1, 0.15) is 5.75 Å². The van der Waals surface area contributed by atoms with E-state index in [2.05, 4.69) is 8.37 Å². The summed E-state index contributed by atoms with van der Waals surface area (Å²) in [5, 5.41) is 0. The molecule has 1 atom stereocenters. The summed E-state index contributed by atoms with van der Waals surface area (Å²) in [6, 6.07) is 7.69. The van der Waals surface area contributed by atoms with Crippen LogP contribution >= 0.6 is 0 Å². The van der Waals surface area contributed by atoms with Crippen molar-refractivity contribution in [2.45, 2.75) is 12.4 Å². The minimum absolute atomic E-state index is 0.0580. The van der Waals surface area contributed by atoms with Crippen molar-refractivity contribution in [2.75, 3.05) is 27.9 Å². The van der Waals surface area contributed by atoms with Gasteiger partial charge in [0.05, 0.1) is 21.1 Å². The second-order valence-electron chi connectivity index (χ2n) is 5.50. The van der Waals surface area contributed by atoms with E-state index in [1.54, 1.807) is 39.3 Å². The molecular formula is C12H20NO7S2+. The average Bonchev–Trinajstić information content (AvgIpc) is 2.36. The number of quaternary nitrogens is 1. The van der Waals surface area contributed by atoms with E-state index in [0.717, 1.165) is 6.92 Å².